The molecule has 2 rings (SSSR count). The summed E-state index contributed by atoms with van der Waals surface area (Å²) < 4.78 is 11.5. The minimum Gasteiger partial charge on any atom is -0.381 e. The fourth-order valence-corrected chi connectivity index (χ4v) is 3.56. The van der Waals surface area contributed by atoms with Crippen LogP contribution in [0.5, 0.6) is 0 Å². The van der Waals surface area contributed by atoms with Crippen LogP contribution in [0, 0.1) is 11.3 Å². The molecule has 124 valence electrons. The van der Waals surface area contributed by atoms with E-state index in [0.29, 0.717) is 12.0 Å². The number of nitrogens with zero attached hydrogens (tertiary/aromatic N) is 1. The molecule has 2 atom stereocenters. The molecule has 21 heavy (non-hydrogen) atoms. The molecule has 4 heteroatoms. The predicted molar refractivity (Wildman–Crippen MR) is 86.7 cm³/mol. The van der Waals surface area contributed by atoms with Gasteiger partial charge in [-0.15, -0.1) is 0 Å². The molecule has 0 bridgehead atoms. The van der Waals surface area contributed by atoms with Gasteiger partial charge < -0.3 is 14.8 Å². The van der Waals surface area contributed by atoms with E-state index >= 15 is 0 Å². The Bertz CT molecular complexity index is 291. The summed E-state index contributed by atoms with van der Waals surface area (Å²) in [7, 11) is 0. The van der Waals surface area contributed by atoms with Crippen LogP contribution in [-0.4, -0.2) is 63.5 Å². The quantitative estimate of drug-likeness (QED) is 0.781. The monoisotopic (exact) mass is 298 g/mol. The molecular formula is C17H34N2O2. The minimum atomic E-state index is 0.290. The van der Waals surface area contributed by atoms with E-state index in [1.165, 1.54) is 19.3 Å². The van der Waals surface area contributed by atoms with Crippen LogP contribution < -0.4 is 5.32 Å². The molecular weight excluding hydrogens is 264 g/mol. The Morgan fingerprint density at radius 2 is 2.14 bits per heavy atom. The summed E-state index contributed by atoms with van der Waals surface area (Å²) in [5, 5.41) is 3.68. The van der Waals surface area contributed by atoms with Crippen molar-refractivity contribution in [3.63, 3.8) is 0 Å². The summed E-state index contributed by atoms with van der Waals surface area (Å²) in [6.45, 7) is 14.8. The zero-order valence-electron chi connectivity index (χ0n) is 14.2. The fraction of sp³-hybridized carbons (Fsp3) is 1.00. The highest BCUT2D eigenvalue weighted by Crippen LogP contribution is 2.30. The zero-order chi connectivity index (χ0) is 15.1. The van der Waals surface area contributed by atoms with E-state index in [1.807, 2.05) is 0 Å². The van der Waals surface area contributed by atoms with Crippen molar-refractivity contribution in [2.45, 2.75) is 46.1 Å². The maximum atomic E-state index is 5.86. The van der Waals surface area contributed by atoms with Crippen molar-refractivity contribution < 1.29 is 9.47 Å². The molecule has 0 aromatic rings. The van der Waals surface area contributed by atoms with E-state index in [-0.39, 0.29) is 5.41 Å². The van der Waals surface area contributed by atoms with Crippen LogP contribution in [0.25, 0.3) is 0 Å². The molecule has 4 nitrogen and oxygen atoms in total. The Hall–Kier alpha value is -0.160. The Kier molecular flexibility index (Phi) is 6.93. The van der Waals surface area contributed by atoms with Crippen molar-refractivity contribution in [3.8, 4) is 0 Å². The highest BCUT2D eigenvalue weighted by molar-refractivity contribution is 4.90. The number of rotatable bonds is 7. The maximum Gasteiger partial charge on any atom is 0.0622 e. The summed E-state index contributed by atoms with van der Waals surface area (Å²) in [6, 6.07) is 0.586. The summed E-state index contributed by atoms with van der Waals surface area (Å²) in [5.41, 5.74) is 0.290. The highest BCUT2D eigenvalue weighted by atomic mass is 16.5. The minimum absolute atomic E-state index is 0.290. The maximum absolute atomic E-state index is 5.86. The second-order valence-electron chi connectivity index (χ2n) is 7.29. The van der Waals surface area contributed by atoms with E-state index in [1.54, 1.807) is 0 Å². The lowest BCUT2D eigenvalue weighted by atomic mass is 9.81. The first-order valence-corrected chi connectivity index (χ1v) is 8.75. The average molecular weight is 298 g/mol. The molecule has 0 saturated carbocycles. The molecule has 0 aromatic carbocycles. The normalized spacial score (nSPS) is 31.7. The molecule has 2 heterocycles. The molecule has 0 amide bonds. The largest absolute Gasteiger partial charge is 0.381 e. The zero-order valence-corrected chi connectivity index (χ0v) is 14.2. The van der Waals surface area contributed by atoms with Crippen LogP contribution >= 0.6 is 0 Å². The SMILES string of the molecule is CCC1COCCN1CC1(CNCC(C)C)CCCOC1. The molecule has 0 aliphatic carbocycles. The van der Waals surface area contributed by atoms with Crippen LogP contribution in [0.2, 0.25) is 0 Å². The predicted octanol–water partition coefficient (Wildman–Crippen LogP) is 2.14. The number of nitrogens with one attached hydrogen (secondary N) is 1. The molecule has 2 unspecified atom stereocenters. The van der Waals surface area contributed by atoms with Gasteiger partial charge in [-0.1, -0.05) is 20.8 Å². The Morgan fingerprint density at radius 3 is 2.81 bits per heavy atom. The van der Waals surface area contributed by atoms with Crippen LogP contribution in [0.1, 0.15) is 40.0 Å². The van der Waals surface area contributed by atoms with E-state index in [2.05, 4.69) is 31.0 Å². The molecule has 0 spiro atoms. The smallest absolute Gasteiger partial charge is 0.0622 e. The number of ether oxygens (including phenoxy) is 2. The highest BCUT2D eigenvalue weighted by Gasteiger charge is 2.36. The van der Waals surface area contributed by atoms with Gasteiger partial charge in [0.2, 0.25) is 0 Å². The first kappa shape index (κ1) is 17.2. The molecule has 0 radical (unpaired) electrons. The lowest BCUT2D eigenvalue weighted by molar-refractivity contribution is -0.0664. The van der Waals surface area contributed by atoms with Crippen molar-refractivity contribution in [1.29, 1.82) is 0 Å². The van der Waals surface area contributed by atoms with Crippen LogP contribution in [-0.2, 0) is 9.47 Å². The van der Waals surface area contributed by atoms with Crippen molar-refractivity contribution in [2.75, 3.05) is 52.6 Å². The summed E-state index contributed by atoms with van der Waals surface area (Å²) in [5.74, 6) is 0.707. The van der Waals surface area contributed by atoms with Crippen LogP contribution in [0.15, 0.2) is 0 Å². The Balaban J connectivity index is 1.94. The topological polar surface area (TPSA) is 33.7 Å². The third-order valence-corrected chi connectivity index (χ3v) is 4.82. The van der Waals surface area contributed by atoms with Gasteiger partial charge in [0.25, 0.3) is 0 Å². The molecule has 2 fully saturated rings. The number of hydrogen-bond donors (Lipinski definition) is 1. The van der Waals surface area contributed by atoms with Gasteiger partial charge in [0.1, 0.15) is 0 Å². The first-order chi connectivity index (χ1) is 10.2. The van der Waals surface area contributed by atoms with Gasteiger partial charge in [0.05, 0.1) is 19.8 Å². The first-order valence-electron chi connectivity index (χ1n) is 8.75. The van der Waals surface area contributed by atoms with Crippen molar-refractivity contribution in [3.05, 3.63) is 0 Å². The van der Waals surface area contributed by atoms with Gasteiger partial charge >= 0.3 is 0 Å². The lowest BCUT2D eigenvalue weighted by Crippen LogP contribution is -2.54. The van der Waals surface area contributed by atoms with Gasteiger partial charge in [-0.05, 0) is 31.7 Å². The van der Waals surface area contributed by atoms with Gasteiger partial charge in [-0.3, -0.25) is 4.90 Å². The number of hydrogen-bond acceptors (Lipinski definition) is 4. The fourth-order valence-electron chi connectivity index (χ4n) is 3.56. The van der Waals surface area contributed by atoms with Gasteiger partial charge in [0.15, 0.2) is 0 Å². The second kappa shape index (κ2) is 8.47. The van der Waals surface area contributed by atoms with Crippen molar-refractivity contribution >= 4 is 0 Å². The summed E-state index contributed by atoms with van der Waals surface area (Å²) in [6.07, 6.45) is 3.66. The number of morpholine rings is 1. The van der Waals surface area contributed by atoms with Crippen LogP contribution in [0.3, 0.4) is 0 Å². The summed E-state index contributed by atoms with van der Waals surface area (Å²) in [4.78, 5) is 2.65. The van der Waals surface area contributed by atoms with Gasteiger partial charge in [0, 0.05) is 37.7 Å². The average Bonchev–Trinajstić information content (AvgIpc) is 2.48. The summed E-state index contributed by atoms with van der Waals surface area (Å²) >= 11 is 0. The molecule has 2 aliphatic rings. The Labute approximate surface area is 130 Å². The van der Waals surface area contributed by atoms with E-state index in [0.717, 1.165) is 52.6 Å². The lowest BCUT2D eigenvalue weighted by Gasteiger charge is -2.45. The van der Waals surface area contributed by atoms with Crippen LogP contribution in [0.4, 0.5) is 0 Å². The van der Waals surface area contributed by atoms with Gasteiger partial charge in [-0.2, -0.15) is 0 Å². The Morgan fingerprint density at radius 1 is 1.29 bits per heavy atom. The van der Waals surface area contributed by atoms with Gasteiger partial charge in [-0.25, -0.2) is 0 Å². The van der Waals surface area contributed by atoms with Crippen molar-refractivity contribution in [2.24, 2.45) is 11.3 Å². The third-order valence-electron chi connectivity index (χ3n) is 4.82. The van der Waals surface area contributed by atoms with E-state index < -0.39 is 0 Å². The van der Waals surface area contributed by atoms with Crippen molar-refractivity contribution in [1.82, 2.24) is 10.2 Å². The van der Waals surface area contributed by atoms with E-state index in [9.17, 15) is 0 Å². The second-order valence-corrected chi connectivity index (χ2v) is 7.29. The molecule has 0 aromatic heterocycles. The third kappa shape index (κ3) is 5.20. The molecule has 1 N–H and O–H groups in total. The molecule has 2 aliphatic heterocycles. The molecule has 2 saturated heterocycles. The van der Waals surface area contributed by atoms with E-state index in [4.69, 9.17) is 9.47 Å². The standard InChI is InChI=1S/C17H34N2O2/c1-4-16-11-20-9-7-19(16)13-17(6-5-8-21-14-17)12-18-10-15(2)3/h15-16,18H,4-14H2,1-3H3.